The summed E-state index contributed by atoms with van der Waals surface area (Å²) in [7, 11) is 1.37. The molecule has 0 aliphatic rings. The fraction of sp³-hybridized carbons (Fsp3) is 0.263. The fourth-order valence-electron chi connectivity index (χ4n) is 2.69. The van der Waals surface area contributed by atoms with Crippen LogP contribution in [0.3, 0.4) is 0 Å². The highest BCUT2D eigenvalue weighted by molar-refractivity contribution is 5.89. The largest absolute Gasteiger partial charge is 0.452 e. The molecule has 28 heavy (non-hydrogen) atoms. The van der Waals surface area contributed by atoms with Gasteiger partial charge in [-0.3, -0.25) is 15.0 Å². The van der Waals surface area contributed by atoms with Gasteiger partial charge in [0.15, 0.2) is 17.5 Å². The molecule has 0 atom stereocenters. The van der Waals surface area contributed by atoms with Gasteiger partial charge in [0.2, 0.25) is 0 Å². The first-order valence-corrected chi connectivity index (χ1v) is 8.81. The van der Waals surface area contributed by atoms with E-state index in [0.29, 0.717) is 17.5 Å². The van der Waals surface area contributed by atoms with Gasteiger partial charge in [0.1, 0.15) is 0 Å². The van der Waals surface area contributed by atoms with Crippen LogP contribution in [0.5, 0.6) is 0 Å². The highest BCUT2D eigenvalue weighted by atomic mass is 16.5. The molecular weight excluding hydrogens is 358 g/mol. The van der Waals surface area contributed by atoms with Crippen LogP contribution in [-0.4, -0.2) is 39.4 Å². The molecule has 1 amide bonds. The number of aromatic nitrogens is 4. The number of benzene rings is 1. The Bertz CT molecular complexity index is 955. The number of hydrogen-bond donors (Lipinski definition) is 3. The van der Waals surface area contributed by atoms with Gasteiger partial charge in [0, 0.05) is 29.2 Å². The van der Waals surface area contributed by atoms with Gasteiger partial charge in [0.25, 0.3) is 0 Å². The molecular formula is C19H23N7O2. The van der Waals surface area contributed by atoms with Crippen LogP contribution in [0.1, 0.15) is 19.5 Å². The summed E-state index contributed by atoms with van der Waals surface area (Å²) >= 11 is 0. The Hall–Kier alpha value is -3.62. The number of nitrogens with zero attached hydrogens (tertiary/aromatic N) is 4. The first-order chi connectivity index (χ1) is 13.5. The summed E-state index contributed by atoms with van der Waals surface area (Å²) in [6.45, 7) is 5.77. The summed E-state index contributed by atoms with van der Waals surface area (Å²) in [6, 6.07) is 9.28. The van der Waals surface area contributed by atoms with Crippen LogP contribution in [0.2, 0.25) is 0 Å². The van der Waals surface area contributed by atoms with Gasteiger partial charge in [-0.05, 0) is 39.0 Å². The number of anilines is 5. The van der Waals surface area contributed by atoms with Gasteiger partial charge in [-0.2, -0.15) is 5.10 Å². The lowest BCUT2D eigenvalue weighted by Crippen LogP contribution is -2.36. The Morgan fingerprint density at radius 1 is 1.14 bits per heavy atom. The molecule has 3 N–H and O–H groups in total. The van der Waals surface area contributed by atoms with Gasteiger partial charge in [-0.25, -0.2) is 9.78 Å². The number of carbonyl (C=O) groups excluding carboxylic acids is 1. The molecule has 0 spiro atoms. The lowest BCUT2D eigenvalue weighted by Gasteiger charge is -2.25. The Balaban J connectivity index is 1.78. The van der Waals surface area contributed by atoms with E-state index >= 15 is 0 Å². The van der Waals surface area contributed by atoms with Crippen molar-refractivity contribution in [3.8, 4) is 0 Å². The van der Waals surface area contributed by atoms with E-state index in [1.54, 1.807) is 17.3 Å². The second kappa shape index (κ2) is 8.38. The highest BCUT2D eigenvalue weighted by Crippen LogP contribution is 2.24. The minimum atomic E-state index is -0.410. The molecule has 9 heteroatoms. The van der Waals surface area contributed by atoms with E-state index in [2.05, 4.69) is 30.8 Å². The van der Waals surface area contributed by atoms with E-state index in [1.807, 2.05) is 51.1 Å². The number of rotatable bonds is 6. The van der Waals surface area contributed by atoms with Crippen molar-refractivity contribution in [1.82, 2.24) is 20.2 Å². The third kappa shape index (κ3) is 4.56. The molecule has 0 radical (unpaired) electrons. The maximum atomic E-state index is 12.1. The average Bonchev–Trinajstić information content (AvgIpc) is 3.06. The third-order valence-electron chi connectivity index (χ3n) is 3.88. The number of aryl methyl sites for hydroxylation is 1. The number of hydrogen-bond acceptors (Lipinski definition) is 7. The van der Waals surface area contributed by atoms with Crippen LogP contribution in [-0.2, 0) is 4.74 Å². The van der Waals surface area contributed by atoms with E-state index in [1.165, 1.54) is 7.11 Å². The standard InChI is InChI=1S/C19H23N7O2/c1-12(2)26(19(27)28-4)15-7-5-6-14(9-15)21-17-10-20-11-18(23-17)22-16-8-13(3)24-25-16/h5-12H,1-4H3,(H3,21,22,23,24,25). The monoisotopic (exact) mass is 381 g/mol. The number of nitrogens with one attached hydrogen (secondary N) is 3. The second-order valence-corrected chi connectivity index (χ2v) is 6.46. The molecule has 0 saturated heterocycles. The van der Waals surface area contributed by atoms with Crippen molar-refractivity contribution < 1.29 is 9.53 Å². The number of H-pyrrole nitrogens is 1. The number of methoxy groups -OCH3 is 1. The third-order valence-corrected chi connectivity index (χ3v) is 3.88. The highest BCUT2D eigenvalue weighted by Gasteiger charge is 2.19. The van der Waals surface area contributed by atoms with Crippen molar-refractivity contribution >= 4 is 34.9 Å². The van der Waals surface area contributed by atoms with E-state index in [4.69, 9.17) is 4.74 Å². The van der Waals surface area contributed by atoms with Crippen LogP contribution in [0.4, 0.5) is 33.6 Å². The maximum absolute atomic E-state index is 12.1. The van der Waals surface area contributed by atoms with Crippen LogP contribution < -0.4 is 15.5 Å². The molecule has 1 aromatic carbocycles. The van der Waals surface area contributed by atoms with Gasteiger partial charge in [-0.1, -0.05) is 6.07 Å². The fourth-order valence-corrected chi connectivity index (χ4v) is 2.69. The van der Waals surface area contributed by atoms with Crippen molar-refractivity contribution in [1.29, 1.82) is 0 Å². The molecule has 0 bridgehead atoms. The van der Waals surface area contributed by atoms with Crippen LogP contribution in [0, 0.1) is 6.92 Å². The molecule has 0 saturated carbocycles. The molecule has 3 aromatic rings. The van der Waals surface area contributed by atoms with Gasteiger partial charge < -0.3 is 15.4 Å². The first-order valence-electron chi connectivity index (χ1n) is 8.81. The van der Waals surface area contributed by atoms with E-state index in [0.717, 1.165) is 17.1 Å². The van der Waals surface area contributed by atoms with E-state index in [-0.39, 0.29) is 6.04 Å². The van der Waals surface area contributed by atoms with E-state index in [9.17, 15) is 4.79 Å². The maximum Gasteiger partial charge on any atom is 0.414 e. The predicted molar refractivity (Wildman–Crippen MR) is 108 cm³/mol. The van der Waals surface area contributed by atoms with Crippen LogP contribution in [0.15, 0.2) is 42.7 Å². The van der Waals surface area contributed by atoms with Crippen LogP contribution in [0.25, 0.3) is 0 Å². The number of carbonyl (C=O) groups is 1. The predicted octanol–water partition coefficient (Wildman–Crippen LogP) is 3.98. The van der Waals surface area contributed by atoms with Gasteiger partial charge in [-0.15, -0.1) is 0 Å². The summed E-state index contributed by atoms with van der Waals surface area (Å²) in [4.78, 5) is 22.4. The second-order valence-electron chi connectivity index (χ2n) is 6.46. The molecule has 3 rings (SSSR count). The molecule has 0 aliphatic carbocycles. The summed E-state index contributed by atoms with van der Waals surface area (Å²) in [6.07, 6.45) is 2.82. The molecule has 2 aromatic heterocycles. The number of amides is 1. The molecule has 2 heterocycles. The summed E-state index contributed by atoms with van der Waals surface area (Å²) in [5.41, 5.74) is 2.44. The van der Waals surface area contributed by atoms with Crippen molar-refractivity contribution in [3.63, 3.8) is 0 Å². The van der Waals surface area contributed by atoms with Crippen molar-refractivity contribution in [2.24, 2.45) is 0 Å². The molecule has 146 valence electrons. The Labute approximate surface area is 163 Å². The summed E-state index contributed by atoms with van der Waals surface area (Å²) < 4.78 is 4.89. The molecule has 0 fully saturated rings. The zero-order valence-corrected chi connectivity index (χ0v) is 16.2. The Kier molecular flexibility index (Phi) is 5.73. The quantitative estimate of drug-likeness (QED) is 0.593. The first kappa shape index (κ1) is 19.2. The van der Waals surface area contributed by atoms with Gasteiger partial charge >= 0.3 is 6.09 Å². The van der Waals surface area contributed by atoms with Gasteiger partial charge in [0.05, 0.1) is 19.5 Å². The van der Waals surface area contributed by atoms with Crippen molar-refractivity contribution in [2.45, 2.75) is 26.8 Å². The minimum Gasteiger partial charge on any atom is -0.452 e. The average molecular weight is 381 g/mol. The van der Waals surface area contributed by atoms with Crippen molar-refractivity contribution in [2.75, 3.05) is 22.6 Å². The smallest absolute Gasteiger partial charge is 0.414 e. The molecule has 0 aliphatic heterocycles. The summed E-state index contributed by atoms with van der Waals surface area (Å²) in [5, 5.41) is 13.3. The zero-order valence-electron chi connectivity index (χ0n) is 16.2. The zero-order chi connectivity index (χ0) is 20.1. The Morgan fingerprint density at radius 2 is 1.89 bits per heavy atom. The normalized spacial score (nSPS) is 10.6. The molecule has 9 nitrogen and oxygen atoms in total. The lowest BCUT2D eigenvalue weighted by molar-refractivity contribution is 0.177. The van der Waals surface area contributed by atoms with Crippen molar-refractivity contribution in [3.05, 3.63) is 48.4 Å². The van der Waals surface area contributed by atoms with Crippen LogP contribution >= 0.6 is 0 Å². The topological polar surface area (TPSA) is 108 Å². The molecule has 0 unspecified atom stereocenters. The lowest BCUT2D eigenvalue weighted by atomic mass is 10.2. The SMILES string of the molecule is COC(=O)N(c1cccc(Nc2cncc(Nc3cc(C)[nH]n3)n2)c1)C(C)C. The minimum absolute atomic E-state index is 0.0488. The summed E-state index contributed by atoms with van der Waals surface area (Å²) in [5.74, 6) is 1.78. The number of aromatic amines is 1. The number of ether oxygens (including phenoxy) is 1. The Morgan fingerprint density at radius 3 is 2.54 bits per heavy atom. The van der Waals surface area contributed by atoms with E-state index < -0.39 is 6.09 Å².